The zero-order valence-electron chi connectivity index (χ0n) is 18.0. The lowest BCUT2D eigenvalue weighted by Gasteiger charge is -2.17. The second kappa shape index (κ2) is 9.40. The van der Waals surface area contributed by atoms with Crippen molar-refractivity contribution in [1.82, 2.24) is 10.0 Å². The van der Waals surface area contributed by atoms with E-state index >= 15 is 0 Å². The van der Waals surface area contributed by atoms with Gasteiger partial charge in [0.25, 0.3) is 5.91 Å². The van der Waals surface area contributed by atoms with E-state index in [-0.39, 0.29) is 29.8 Å². The highest BCUT2D eigenvalue weighted by Crippen LogP contribution is 2.18. The number of hydrogen-bond acceptors (Lipinski definition) is 4. The Balaban J connectivity index is 1.86. The summed E-state index contributed by atoms with van der Waals surface area (Å²) in [5.74, 6) is -0.440. The highest BCUT2D eigenvalue weighted by atomic mass is 32.2. The van der Waals surface area contributed by atoms with Crippen LogP contribution in [0, 0.1) is 19.3 Å². The van der Waals surface area contributed by atoms with Gasteiger partial charge >= 0.3 is 0 Å². The van der Waals surface area contributed by atoms with Crippen molar-refractivity contribution in [2.75, 3.05) is 18.4 Å². The Morgan fingerprint density at radius 2 is 1.47 bits per heavy atom. The maximum atomic E-state index is 12.4. The lowest BCUT2D eigenvalue weighted by Crippen LogP contribution is -2.34. The topological polar surface area (TPSA) is 104 Å². The van der Waals surface area contributed by atoms with Gasteiger partial charge in [-0.2, -0.15) is 0 Å². The van der Waals surface area contributed by atoms with Crippen LogP contribution in [0.4, 0.5) is 5.69 Å². The van der Waals surface area contributed by atoms with Gasteiger partial charge in [0.15, 0.2) is 0 Å². The average Bonchev–Trinajstić information content (AvgIpc) is 2.64. The fraction of sp³-hybridized carbons (Fsp3) is 0.364. The minimum atomic E-state index is -3.64. The summed E-state index contributed by atoms with van der Waals surface area (Å²) in [5.41, 5.74) is 2.24. The molecule has 0 radical (unpaired) electrons. The van der Waals surface area contributed by atoms with Crippen molar-refractivity contribution in [3.8, 4) is 0 Å². The minimum Gasteiger partial charge on any atom is -0.351 e. The first-order chi connectivity index (χ1) is 13.9. The van der Waals surface area contributed by atoms with E-state index in [1.807, 2.05) is 40.7 Å². The molecule has 8 heteroatoms. The van der Waals surface area contributed by atoms with Crippen LogP contribution >= 0.6 is 0 Å². The number of aryl methyl sites for hydroxylation is 2. The predicted molar refractivity (Wildman–Crippen MR) is 118 cm³/mol. The zero-order chi connectivity index (χ0) is 22.5. The summed E-state index contributed by atoms with van der Waals surface area (Å²) in [6, 6.07) is 11.6. The van der Waals surface area contributed by atoms with Gasteiger partial charge in [-0.05, 0) is 61.4 Å². The first kappa shape index (κ1) is 23.6. The quantitative estimate of drug-likeness (QED) is 0.586. The molecule has 0 atom stereocenters. The van der Waals surface area contributed by atoms with Crippen LogP contribution in [0.1, 0.15) is 42.3 Å². The van der Waals surface area contributed by atoms with Crippen molar-refractivity contribution >= 4 is 27.5 Å². The fourth-order valence-corrected chi connectivity index (χ4v) is 3.88. The number of carbonyl (C=O) groups is 2. The number of carbonyl (C=O) groups excluding carboxylic acids is 2. The number of hydrogen-bond donors (Lipinski definition) is 3. The molecule has 0 unspecified atom stereocenters. The Morgan fingerprint density at radius 3 is 2.00 bits per heavy atom. The number of rotatable bonds is 7. The SMILES string of the molecule is Cc1cc(C)cc(S(=O)(=O)NCCNC(=O)c2ccc(NC(=O)C(C)(C)C)cc2)c1. The molecule has 0 bridgehead atoms. The van der Waals surface area contributed by atoms with Gasteiger partial charge < -0.3 is 10.6 Å². The lowest BCUT2D eigenvalue weighted by atomic mass is 9.95. The maximum Gasteiger partial charge on any atom is 0.251 e. The van der Waals surface area contributed by atoms with Crippen LogP contribution < -0.4 is 15.4 Å². The Bertz CT molecular complexity index is 1000. The Labute approximate surface area is 178 Å². The van der Waals surface area contributed by atoms with Crippen molar-refractivity contribution in [2.45, 2.75) is 39.5 Å². The van der Waals surface area contributed by atoms with E-state index in [1.54, 1.807) is 36.4 Å². The van der Waals surface area contributed by atoms with E-state index in [2.05, 4.69) is 15.4 Å². The van der Waals surface area contributed by atoms with Gasteiger partial charge in [-0.15, -0.1) is 0 Å². The van der Waals surface area contributed by atoms with Crippen LogP contribution in [0.15, 0.2) is 47.4 Å². The third-order valence-corrected chi connectivity index (χ3v) is 5.73. The van der Waals surface area contributed by atoms with Gasteiger partial charge in [-0.3, -0.25) is 9.59 Å². The lowest BCUT2D eigenvalue weighted by molar-refractivity contribution is -0.123. The van der Waals surface area contributed by atoms with Crippen molar-refractivity contribution in [1.29, 1.82) is 0 Å². The van der Waals surface area contributed by atoms with Crippen LogP contribution in [0.2, 0.25) is 0 Å². The van der Waals surface area contributed by atoms with E-state index in [9.17, 15) is 18.0 Å². The predicted octanol–water partition coefficient (Wildman–Crippen LogP) is 3.00. The molecule has 2 aromatic rings. The monoisotopic (exact) mass is 431 g/mol. The van der Waals surface area contributed by atoms with E-state index < -0.39 is 15.4 Å². The highest BCUT2D eigenvalue weighted by Gasteiger charge is 2.21. The molecule has 0 aliphatic rings. The third kappa shape index (κ3) is 6.67. The molecule has 0 aliphatic carbocycles. The summed E-state index contributed by atoms with van der Waals surface area (Å²) >= 11 is 0. The molecule has 0 aromatic heterocycles. The van der Waals surface area contributed by atoms with Gasteiger partial charge in [0.05, 0.1) is 4.90 Å². The maximum absolute atomic E-state index is 12.4. The van der Waals surface area contributed by atoms with Gasteiger partial charge in [0.1, 0.15) is 0 Å². The molecule has 30 heavy (non-hydrogen) atoms. The molecular weight excluding hydrogens is 402 g/mol. The van der Waals surface area contributed by atoms with Gasteiger partial charge in [0.2, 0.25) is 15.9 Å². The summed E-state index contributed by atoms with van der Waals surface area (Å²) in [6.45, 7) is 9.35. The van der Waals surface area contributed by atoms with E-state index in [4.69, 9.17) is 0 Å². The van der Waals surface area contributed by atoms with Crippen LogP contribution in [-0.2, 0) is 14.8 Å². The normalized spacial score (nSPS) is 11.8. The zero-order valence-corrected chi connectivity index (χ0v) is 18.8. The third-order valence-electron chi connectivity index (χ3n) is 4.29. The van der Waals surface area contributed by atoms with E-state index in [0.29, 0.717) is 11.3 Å². The molecule has 0 fully saturated rings. The summed E-state index contributed by atoms with van der Waals surface area (Å²) in [5, 5.41) is 5.47. The Hall–Kier alpha value is -2.71. The largest absolute Gasteiger partial charge is 0.351 e. The molecule has 7 nitrogen and oxygen atoms in total. The second-order valence-corrected chi connectivity index (χ2v) is 10.0. The van der Waals surface area contributed by atoms with Crippen LogP contribution in [-0.4, -0.2) is 33.3 Å². The standard InChI is InChI=1S/C22H29N3O4S/c1-15-12-16(2)14-19(13-15)30(28,29)24-11-10-23-20(26)17-6-8-18(9-7-17)25-21(27)22(3,4)5/h6-9,12-14,24H,10-11H2,1-5H3,(H,23,26)(H,25,27). The van der Waals surface area contributed by atoms with Gasteiger partial charge in [-0.1, -0.05) is 26.8 Å². The number of nitrogens with one attached hydrogen (secondary N) is 3. The summed E-state index contributed by atoms with van der Waals surface area (Å²) in [7, 11) is -3.64. The fourth-order valence-electron chi connectivity index (χ4n) is 2.66. The molecular formula is C22H29N3O4S. The van der Waals surface area contributed by atoms with Gasteiger partial charge in [-0.25, -0.2) is 13.1 Å². The highest BCUT2D eigenvalue weighted by molar-refractivity contribution is 7.89. The van der Waals surface area contributed by atoms with Crippen molar-refractivity contribution in [3.63, 3.8) is 0 Å². The second-order valence-electron chi connectivity index (χ2n) is 8.26. The van der Waals surface area contributed by atoms with E-state index in [1.165, 1.54) is 0 Å². The van der Waals surface area contributed by atoms with Crippen molar-refractivity contribution in [3.05, 3.63) is 59.2 Å². The van der Waals surface area contributed by atoms with Crippen LogP contribution in [0.5, 0.6) is 0 Å². The van der Waals surface area contributed by atoms with E-state index in [0.717, 1.165) is 11.1 Å². The number of benzene rings is 2. The number of amides is 2. The molecule has 0 saturated heterocycles. The van der Waals surface area contributed by atoms with Gasteiger partial charge in [0, 0.05) is 29.8 Å². The molecule has 2 rings (SSSR count). The molecule has 2 amide bonds. The summed E-state index contributed by atoms with van der Waals surface area (Å²) in [6.07, 6.45) is 0. The molecule has 3 N–H and O–H groups in total. The summed E-state index contributed by atoms with van der Waals surface area (Å²) < 4.78 is 27.3. The Morgan fingerprint density at radius 1 is 0.900 bits per heavy atom. The number of anilines is 1. The molecule has 2 aromatic carbocycles. The molecule has 162 valence electrons. The molecule has 0 saturated carbocycles. The van der Waals surface area contributed by atoms with Crippen molar-refractivity contribution < 1.29 is 18.0 Å². The first-order valence-corrected chi connectivity index (χ1v) is 11.1. The minimum absolute atomic E-state index is 0.0702. The first-order valence-electron chi connectivity index (χ1n) is 9.66. The summed E-state index contributed by atoms with van der Waals surface area (Å²) in [4.78, 5) is 24.5. The molecule has 0 spiro atoms. The van der Waals surface area contributed by atoms with Crippen LogP contribution in [0.25, 0.3) is 0 Å². The average molecular weight is 432 g/mol. The molecule has 0 aliphatic heterocycles. The Kier molecular flexibility index (Phi) is 7.39. The molecule has 0 heterocycles. The van der Waals surface area contributed by atoms with Crippen LogP contribution in [0.3, 0.4) is 0 Å². The smallest absolute Gasteiger partial charge is 0.251 e. The van der Waals surface area contributed by atoms with Crippen molar-refractivity contribution in [2.24, 2.45) is 5.41 Å². The number of sulfonamides is 1.